The first kappa shape index (κ1) is 14.6. The molecule has 1 amide bonds. The van der Waals surface area contributed by atoms with Gasteiger partial charge in [0, 0.05) is 21.7 Å². The number of nitrogens with one attached hydrogen (secondary N) is 1. The number of thiophene rings is 1. The largest absolute Gasteiger partial charge is 0.355 e. The highest BCUT2D eigenvalue weighted by Gasteiger charge is 2.03. The van der Waals surface area contributed by atoms with E-state index in [2.05, 4.69) is 33.4 Å². The fourth-order valence-electron chi connectivity index (χ4n) is 1.53. The van der Waals surface area contributed by atoms with Crippen LogP contribution in [0.25, 0.3) is 0 Å². The number of carbonyl (C=O) groups is 1. The molecule has 0 atom stereocenters. The summed E-state index contributed by atoms with van der Waals surface area (Å²) in [6, 6.07) is 10.2. The zero-order valence-corrected chi connectivity index (χ0v) is 13.5. The summed E-state index contributed by atoms with van der Waals surface area (Å²) in [6.07, 6.45) is 0.479. The van der Waals surface area contributed by atoms with Crippen molar-refractivity contribution in [1.82, 2.24) is 5.32 Å². The highest BCUT2D eigenvalue weighted by atomic mass is 79.9. The second-order valence-corrected chi connectivity index (χ2v) is 6.82. The molecule has 2 aromatic rings. The third kappa shape index (κ3) is 5.38. The van der Waals surface area contributed by atoms with Crippen molar-refractivity contribution in [2.45, 2.75) is 11.3 Å². The van der Waals surface area contributed by atoms with Crippen LogP contribution in [0.1, 0.15) is 5.56 Å². The molecular formula is C14H14BrNOS2. The van der Waals surface area contributed by atoms with E-state index in [0.29, 0.717) is 13.0 Å². The van der Waals surface area contributed by atoms with Crippen molar-refractivity contribution in [2.75, 3.05) is 12.3 Å². The van der Waals surface area contributed by atoms with Gasteiger partial charge in [-0.2, -0.15) is 11.3 Å². The minimum atomic E-state index is 0.0924. The Hall–Kier alpha value is -0.780. The molecular weight excluding hydrogens is 342 g/mol. The average Bonchev–Trinajstić information content (AvgIpc) is 2.89. The quantitative estimate of drug-likeness (QED) is 0.627. The first-order valence-electron chi connectivity index (χ1n) is 5.90. The second-order valence-electron chi connectivity index (χ2n) is 3.96. The van der Waals surface area contributed by atoms with Crippen molar-refractivity contribution in [3.05, 3.63) is 51.1 Å². The average molecular weight is 356 g/mol. The van der Waals surface area contributed by atoms with Crippen molar-refractivity contribution < 1.29 is 4.79 Å². The van der Waals surface area contributed by atoms with Crippen LogP contribution in [0.3, 0.4) is 0 Å². The Morgan fingerprint density at radius 1 is 1.26 bits per heavy atom. The molecule has 0 saturated heterocycles. The molecule has 100 valence electrons. The fraction of sp³-hybridized carbons (Fsp3) is 0.214. The van der Waals surface area contributed by atoms with Crippen molar-refractivity contribution >= 4 is 44.9 Å². The predicted octanol–water partition coefficient (Wildman–Crippen LogP) is 3.96. The molecule has 0 aliphatic rings. The molecule has 0 spiro atoms. The Balaban J connectivity index is 1.64. The molecule has 5 heteroatoms. The van der Waals surface area contributed by atoms with E-state index in [1.807, 2.05) is 29.0 Å². The van der Waals surface area contributed by atoms with Gasteiger partial charge in [0.15, 0.2) is 0 Å². The van der Waals surface area contributed by atoms with E-state index < -0.39 is 0 Å². The van der Waals surface area contributed by atoms with Crippen molar-refractivity contribution in [1.29, 1.82) is 0 Å². The molecule has 0 unspecified atom stereocenters. The Bertz CT molecular complexity index is 511. The molecule has 0 fully saturated rings. The lowest BCUT2D eigenvalue weighted by Gasteiger charge is -2.04. The summed E-state index contributed by atoms with van der Waals surface area (Å²) in [5.41, 5.74) is 1.09. The minimum Gasteiger partial charge on any atom is -0.355 e. The van der Waals surface area contributed by atoms with Gasteiger partial charge in [0.25, 0.3) is 0 Å². The maximum absolute atomic E-state index is 11.6. The van der Waals surface area contributed by atoms with Gasteiger partial charge in [-0.05, 0) is 46.7 Å². The van der Waals surface area contributed by atoms with Gasteiger partial charge in [-0.1, -0.05) is 15.9 Å². The highest BCUT2D eigenvalue weighted by molar-refractivity contribution is 9.10. The van der Waals surface area contributed by atoms with Crippen LogP contribution in [0.4, 0.5) is 0 Å². The van der Waals surface area contributed by atoms with Crippen LogP contribution in [0, 0.1) is 0 Å². The minimum absolute atomic E-state index is 0.0924. The Morgan fingerprint density at radius 2 is 2.05 bits per heavy atom. The summed E-state index contributed by atoms with van der Waals surface area (Å²) in [4.78, 5) is 12.9. The van der Waals surface area contributed by atoms with Gasteiger partial charge in [-0.25, -0.2) is 0 Å². The van der Waals surface area contributed by atoms with Crippen LogP contribution in [-0.4, -0.2) is 18.2 Å². The van der Waals surface area contributed by atoms with Crippen LogP contribution >= 0.6 is 39.0 Å². The molecule has 1 aromatic heterocycles. The second kappa shape index (κ2) is 7.72. The number of carbonyl (C=O) groups excluding carboxylic acids is 1. The van der Waals surface area contributed by atoms with Crippen molar-refractivity contribution in [3.8, 4) is 0 Å². The summed E-state index contributed by atoms with van der Waals surface area (Å²) < 4.78 is 1.08. The number of amides is 1. The van der Waals surface area contributed by atoms with E-state index in [1.165, 1.54) is 4.90 Å². The van der Waals surface area contributed by atoms with Crippen LogP contribution in [-0.2, 0) is 11.2 Å². The van der Waals surface area contributed by atoms with Gasteiger partial charge in [0.2, 0.25) is 5.91 Å². The van der Waals surface area contributed by atoms with Gasteiger partial charge < -0.3 is 5.32 Å². The molecule has 0 saturated carbocycles. The number of rotatable bonds is 6. The van der Waals surface area contributed by atoms with Gasteiger partial charge >= 0.3 is 0 Å². The lowest BCUT2D eigenvalue weighted by molar-refractivity contribution is -0.120. The summed E-state index contributed by atoms with van der Waals surface area (Å²) >= 11 is 6.78. The molecule has 19 heavy (non-hydrogen) atoms. The SMILES string of the molecule is O=C(Cc1ccsc1)NCCSc1ccc(Br)cc1. The summed E-state index contributed by atoms with van der Waals surface area (Å²) in [7, 11) is 0. The Labute approximate surface area is 129 Å². The molecule has 1 heterocycles. The van der Waals surface area contributed by atoms with Crippen LogP contribution in [0.2, 0.25) is 0 Å². The molecule has 0 bridgehead atoms. The van der Waals surface area contributed by atoms with Crippen LogP contribution in [0.15, 0.2) is 50.5 Å². The van der Waals surface area contributed by atoms with Crippen molar-refractivity contribution in [2.24, 2.45) is 0 Å². The van der Waals surface area contributed by atoms with Crippen LogP contribution in [0.5, 0.6) is 0 Å². The monoisotopic (exact) mass is 355 g/mol. The molecule has 1 N–H and O–H groups in total. The van der Waals surface area contributed by atoms with E-state index in [4.69, 9.17) is 0 Å². The van der Waals surface area contributed by atoms with E-state index in [0.717, 1.165) is 15.8 Å². The standard InChI is InChI=1S/C14H14BrNOS2/c15-12-1-3-13(4-2-12)19-8-6-16-14(17)9-11-5-7-18-10-11/h1-5,7,10H,6,8-9H2,(H,16,17). The van der Waals surface area contributed by atoms with Crippen LogP contribution < -0.4 is 5.32 Å². The van der Waals surface area contributed by atoms with E-state index in [1.54, 1.807) is 23.1 Å². The van der Waals surface area contributed by atoms with Gasteiger partial charge in [0.1, 0.15) is 0 Å². The molecule has 0 aliphatic heterocycles. The first-order valence-corrected chi connectivity index (χ1v) is 8.62. The smallest absolute Gasteiger partial charge is 0.224 e. The molecule has 2 nitrogen and oxygen atoms in total. The van der Waals surface area contributed by atoms with Crippen molar-refractivity contribution in [3.63, 3.8) is 0 Å². The van der Waals surface area contributed by atoms with Gasteiger partial charge in [-0.15, -0.1) is 11.8 Å². The third-order valence-corrected chi connectivity index (χ3v) is 4.73. The number of hydrogen-bond donors (Lipinski definition) is 1. The number of hydrogen-bond acceptors (Lipinski definition) is 3. The van der Waals surface area contributed by atoms with Gasteiger partial charge in [-0.3, -0.25) is 4.79 Å². The molecule has 2 rings (SSSR count). The zero-order valence-electron chi connectivity index (χ0n) is 10.3. The molecule has 0 aliphatic carbocycles. The van der Waals surface area contributed by atoms with E-state index in [9.17, 15) is 4.79 Å². The third-order valence-electron chi connectivity index (χ3n) is 2.45. The Kier molecular flexibility index (Phi) is 5.94. The first-order chi connectivity index (χ1) is 9.24. The number of thioether (sulfide) groups is 1. The number of halogens is 1. The van der Waals surface area contributed by atoms with E-state index in [-0.39, 0.29) is 5.91 Å². The molecule has 1 aromatic carbocycles. The summed E-state index contributed by atoms with van der Waals surface area (Å²) in [6.45, 7) is 0.698. The van der Waals surface area contributed by atoms with E-state index >= 15 is 0 Å². The lowest BCUT2D eigenvalue weighted by atomic mass is 10.2. The normalized spacial score (nSPS) is 10.4. The predicted molar refractivity (Wildman–Crippen MR) is 85.9 cm³/mol. The number of benzene rings is 1. The lowest BCUT2D eigenvalue weighted by Crippen LogP contribution is -2.27. The zero-order chi connectivity index (χ0) is 13.5. The molecule has 0 radical (unpaired) electrons. The fourth-order valence-corrected chi connectivity index (χ4v) is 3.23. The maximum atomic E-state index is 11.6. The summed E-state index contributed by atoms with van der Waals surface area (Å²) in [5.74, 6) is 0.978. The Morgan fingerprint density at radius 3 is 2.74 bits per heavy atom. The summed E-state index contributed by atoms with van der Waals surface area (Å²) in [5, 5.41) is 6.94. The highest BCUT2D eigenvalue weighted by Crippen LogP contribution is 2.19. The topological polar surface area (TPSA) is 29.1 Å². The maximum Gasteiger partial charge on any atom is 0.224 e. The van der Waals surface area contributed by atoms with Gasteiger partial charge in [0.05, 0.1) is 6.42 Å².